The van der Waals surface area contributed by atoms with Crippen LogP contribution in [-0.4, -0.2) is 52.0 Å². The smallest absolute Gasteiger partial charge is 0.253 e. The zero-order valence-electron chi connectivity index (χ0n) is 14.4. The Morgan fingerprint density at radius 2 is 2.08 bits per heavy atom. The van der Waals surface area contributed by atoms with Gasteiger partial charge in [0.05, 0.1) is 22.8 Å². The second-order valence-electron chi connectivity index (χ2n) is 6.19. The van der Waals surface area contributed by atoms with Crippen LogP contribution in [0.1, 0.15) is 23.2 Å². The summed E-state index contributed by atoms with van der Waals surface area (Å²) in [7, 11) is 1.58. The van der Waals surface area contributed by atoms with E-state index in [0.29, 0.717) is 5.88 Å². The molecule has 1 aliphatic rings. The Bertz CT molecular complexity index is 921. The van der Waals surface area contributed by atoms with Crippen LogP contribution in [0.25, 0.3) is 10.2 Å². The number of aromatic nitrogens is 3. The number of rotatable bonds is 4. The first kappa shape index (κ1) is 16.7. The van der Waals surface area contributed by atoms with E-state index in [0.717, 1.165) is 47.5 Å². The van der Waals surface area contributed by atoms with Crippen molar-refractivity contribution in [3.05, 3.63) is 41.7 Å². The van der Waals surface area contributed by atoms with Gasteiger partial charge in [0, 0.05) is 30.8 Å². The highest BCUT2D eigenvalue weighted by molar-refractivity contribution is 7.16. The van der Waals surface area contributed by atoms with Crippen LogP contribution in [0.2, 0.25) is 0 Å². The zero-order valence-corrected chi connectivity index (χ0v) is 15.2. The average Bonchev–Trinajstić information content (AvgIpc) is 3.16. The SMILES string of the molecule is COc1cc(NC2CCN(C(=O)c3ccc4ncsc4c3)CC2)ncn1. The fraction of sp³-hybridized carbons (Fsp3) is 0.333. The van der Waals surface area contributed by atoms with Gasteiger partial charge in [0.25, 0.3) is 5.91 Å². The summed E-state index contributed by atoms with van der Waals surface area (Å²) < 4.78 is 6.16. The number of thiazole rings is 1. The molecule has 0 saturated carbocycles. The van der Waals surface area contributed by atoms with Gasteiger partial charge in [-0.25, -0.2) is 15.0 Å². The Labute approximate surface area is 155 Å². The lowest BCUT2D eigenvalue weighted by Gasteiger charge is -2.32. The molecule has 134 valence electrons. The lowest BCUT2D eigenvalue weighted by Crippen LogP contribution is -2.42. The number of benzene rings is 1. The van der Waals surface area contributed by atoms with Crippen LogP contribution in [0.3, 0.4) is 0 Å². The molecule has 2 aromatic heterocycles. The van der Waals surface area contributed by atoms with Crippen molar-refractivity contribution in [1.82, 2.24) is 19.9 Å². The molecule has 1 aliphatic heterocycles. The molecular formula is C18H19N5O2S. The Morgan fingerprint density at radius 1 is 1.23 bits per heavy atom. The first-order valence-corrected chi connectivity index (χ1v) is 9.36. The van der Waals surface area contributed by atoms with Crippen molar-refractivity contribution in [2.45, 2.75) is 18.9 Å². The molecule has 26 heavy (non-hydrogen) atoms. The van der Waals surface area contributed by atoms with Crippen molar-refractivity contribution in [2.75, 3.05) is 25.5 Å². The van der Waals surface area contributed by atoms with E-state index in [4.69, 9.17) is 4.74 Å². The third kappa shape index (κ3) is 3.45. The minimum atomic E-state index is 0.0856. The Morgan fingerprint density at radius 3 is 2.88 bits per heavy atom. The van der Waals surface area contributed by atoms with E-state index >= 15 is 0 Å². The van der Waals surface area contributed by atoms with E-state index in [2.05, 4.69) is 20.3 Å². The van der Waals surface area contributed by atoms with Crippen molar-refractivity contribution in [3.8, 4) is 5.88 Å². The standard InChI is InChI=1S/C18H19N5O2S/c1-25-17-9-16(19-10-20-17)22-13-4-6-23(7-5-13)18(24)12-2-3-14-15(8-12)26-11-21-14/h2-3,8-11,13H,4-7H2,1H3,(H,19,20,22). The molecule has 1 aromatic carbocycles. The molecule has 3 aromatic rings. The molecule has 4 rings (SSSR count). The number of hydrogen-bond donors (Lipinski definition) is 1. The molecule has 0 atom stereocenters. The van der Waals surface area contributed by atoms with Gasteiger partial charge >= 0.3 is 0 Å². The van der Waals surface area contributed by atoms with Crippen LogP contribution in [-0.2, 0) is 0 Å². The van der Waals surface area contributed by atoms with Crippen LogP contribution < -0.4 is 10.1 Å². The molecule has 1 amide bonds. The number of carbonyl (C=O) groups excluding carboxylic acids is 1. The highest BCUT2D eigenvalue weighted by Crippen LogP contribution is 2.22. The Hall–Kier alpha value is -2.74. The van der Waals surface area contributed by atoms with E-state index in [1.165, 1.54) is 6.33 Å². The minimum absolute atomic E-state index is 0.0856. The fourth-order valence-corrected chi connectivity index (χ4v) is 3.85. The maximum Gasteiger partial charge on any atom is 0.253 e. The molecule has 0 radical (unpaired) electrons. The molecule has 1 saturated heterocycles. The number of nitrogens with zero attached hydrogens (tertiary/aromatic N) is 4. The summed E-state index contributed by atoms with van der Waals surface area (Å²) >= 11 is 1.56. The monoisotopic (exact) mass is 369 g/mol. The summed E-state index contributed by atoms with van der Waals surface area (Å²) in [6.07, 6.45) is 3.23. The van der Waals surface area contributed by atoms with E-state index in [1.807, 2.05) is 23.1 Å². The van der Waals surface area contributed by atoms with E-state index in [9.17, 15) is 4.79 Å². The summed E-state index contributed by atoms with van der Waals surface area (Å²) in [6.45, 7) is 1.44. The van der Waals surface area contributed by atoms with Crippen LogP contribution in [0, 0.1) is 0 Å². The predicted molar refractivity (Wildman–Crippen MR) is 101 cm³/mol. The molecule has 0 spiro atoms. The molecule has 3 heterocycles. The highest BCUT2D eigenvalue weighted by atomic mass is 32.1. The predicted octanol–water partition coefficient (Wildman–Crippen LogP) is 2.81. The van der Waals surface area contributed by atoms with Gasteiger partial charge < -0.3 is 15.0 Å². The first-order chi connectivity index (χ1) is 12.7. The number of piperidine rings is 1. The molecule has 0 unspecified atom stereocenters. The third-order valence-corrected chi connectivity index (χ3v) is 5.36. The number of anilines is 1. The zero-order chi connectivity index (χ0) is 17.9. The number of amides is 1. The molecular weight excluding hydrogens is 350 g/mol. The number of fused-ring (bicyclic) bond motifs is 1. The number of ether oxygens (including phenoxy) is 1. The number of likely N-dealkylation sites (tertiary alicyclic amines) is 1. The summed E-state index contributed by atoms with van der Waals surface area (Å²) in [5.41, 5.74) is 3.47. The van der Waals surface area contributed by atoms with Crippen LogP contribution in [0.4, 0.5) is 5.82 Å². The van der Waals surface area contributed by atoms with Crippen LogP contribution >= 0.6 is 11.3 Å². The topological polar surface area (TPSA) is 80.2 Å². The third-order valence-electron chi connectivity index (χ3n) is 4.56. The Balaban J connectivity index is 1.37. The maximum absolute atomic E-state index is 12.8. The number of carbonyl (C=O) groups is 1. The van der Waals surface area contributed by atoms with Crippen LogP contribution in [0.15, 0.2) is 36.1 Å². The number of hydrogen-bond acceptors (Lipinski definition) is 7. The van der Waals surface area contributed by atoms with Crippen molar-refractivity contribution in [2.24, 2.45) is 0 Å². The normalized spacial score (nSPS) is 15.2. The largest absolute Gasteiger partial charge is 0.481 e. The molecule has 1 N–H and O–H groups in total. The van der Waals surface area contributed by atoms with Gasteiger partial charge in [0.1, 0.15) is 12.1 Å². The first-order valence-electron chi connectivity index (χ1n) is 8.48. The lowest BCUT2D eigenvalue weighted by molar-refractivity contribution is 0.0718. The number of methoxy groups -OCH3 is 1. The summed E-state index contributed by atoms with van der Waals surface area (Å²) in [6, 6.07) is 7.77. The van der Waals surface area contributed by atoms with Gasteiger partial charge in [-0.15, -0.1) is 11.3 Å². The molecule has 0 aliphatic carbocycles. The Kier molecular flexibility index (Phi) is 4.66. The maximum atomic E-state index is 12.8. The van der Waals surface area contributed by atoms with Crippen LogP contribution in [0.5, 0.6) is 5.88 Å². The van der Waals surface area contributed by atoms with Gasteiger partial charge in [-0.1, -0.05) is 0 Å². The molecule has 7 nitrogen and oxygen atoms in total. The quantitative estimate of drug-likeness (QED) is 0.762. The van der Waals surface area contributed by atoms with Gasteiger partial charge in [0.2, 0.25) is 5.88 Å². The van der Waals surface area contributed by atoms with Gasteiger partial charge in [-0.3, -0.25) is 4.79 Å². The second kappa shape index (κ2) is 7.25. The van der Waals surface area contributed by atoms with E-state index in [1.54, 1.807) is 30.0 Å². The van der Waals surface area contributed by atoms with Crippen molar-refractivity contribution < 1.29 is 9.53 Å². The van der Waals surface area contributed by atoms with Gasteiger partial charge in [-0.2, -0.15) is 0 Å². The van der Waals surface area contributed by atoms with Crippen molar-refractivity contribution in [3.63, 3.8) is 0 Å². The second-order valence-corrected chi connectivity index (χ2v) is 7.08. The number of nitrogens with one attached hydrogen (secondary N) is 1. The molecule has 1 fully saturated rings. The molecule has 8 heteroatoms. The summed E-state index contributed by atoms with van der Waals surface area (Å²) in [5.74, 6) is 1.37. The molecule has 0 bridgehead atoms. The van der Waals surface area contributed by atoms with Crippen molar-refractivity contribution >= 4 is 33.3 Å². The summed E-state index contributed by atoms with van der Waals surface area (Å²) in [4.78, 5) is 27.2. The van der Waals surface area contributed by atoms with Gasteiger partial charge in [0.15, 0.2) is 0 Å². The lowest BCUT2D eigenvalue weighted by atomic mass is 10.0. The highest BCUT2D eigenvalue weighted by Gasteiger charge is 2.24. The van der Waals surface area contributed by atoms with E-state index in [-0.39, 0.29) is 11.9 Å². The van der Waals surface area contributed by atoms with Gasteiger partial charge in [-0.05, 0) is 31.0 Å². The average molecular weight is 369 g/mol. The summed E-state index contributed by atoms with van der Waals surface area (Å²) in [5, 5.41) is 3.40. The minimum Gasteiger partial charge on any atom is -0.481 e. The van der Waals surface area contributed by atoms with E-state index < -0.39 is 0 Å². The van der Waals surface area contributed by atoms with Crippen molar-refractivity contribution in [1.29, 1.82) is 0 Å². The fourth-order valence-electron chi connectivity index (χ4n) is 3.14.